The third-order valence-corrected chi connectivity index (χ3v) is 3.15. The standard InChI is InChI=1S/C8H12F2O2/c9-6(10)8-2-1-7(3-8,4-11)5-12-8/h6,11H,1-5H2. The van der Waals surface area contributed by atoms with Gasteiger partial charge in [-0.15, -0.1) is 0 Å². The molecule has 1 heterocycles. The number of hydrogen-bond donors (Lipinski definition) is 1. The molecule has 0 spiro atoms. The Morgan fingerprint density at radius 1 is 1.42 bits per heavy atom. The van der Waals surface area contributed by atoms with E-state index in [1.165, 1.54) is 0 Å². The Morgan fingerprint density at radius 2 is 2.17 bits per heavy atom. The lowest BCUT2D eigenvalue weighted by Crippen LogP contribution is -2.35. The van der Waals surface area contributed by atoms with Crippen LogP contribution in [-0.2, 0) is 4.74 Å². The third-order valence-electron chi connectivity index (χ3n) is 3.15. The normalized spacial score (nSPS) is 46.0. The van der Waals surface area contributed by atoms with E-state index in [1.807, 2.05) is 0 Å². The van der Waals surface area contributed by atoms with E-state index in [4.69, 9.17) is 9.84 Å². The molecular formula is C8H12F2O2. The SMILES string of the molecule is OCC12CCC(C(F)F)(C1)OC2. The van der Waals surface area contributed by atoms with Gasteiger partial charge in [-0.05, 0) is 19.3 Å². The van der Waals surface area contributed by atoms with Crippen molar-refractivity contribution in [3.05, 3.63) is 0 Å². The van der Waals surface area contributed by atoms with Crippen molar-refractivity contribution in [2.24, 2.45) is 5.41 Å². The number of halogens is 2. The minimum atomic E-state index is -2.41. The minimum Gasteiger partial charge on any atom is -0.396 e. The summed E-state index contributed by atoms with van der Waals surface area (Å²) < 4.78 is 30.1. The molecule has 2 fully saturated rings. The fourth-order valence-electron chi connectivity index (χ4n) is 2.26. The van der Waals surface area contributed by atoms with E-state index in [-0.39, 0.29) is 12.0 Å². The first-order valence-corrected chi connectivity index (χ1v) is 4.16. The summed E-state index contributed by atoms with van der Waals surface area (Å²) in [5.74, 6) is 0. The first-order valence-electron chi connectivity index (χ1n) is 4.16. The van der Waals surface area contributed by atoms with Gasteiger partial charge in [0, 0.05) is 5.41 Å². The predicted octanol–water partition coefficient (Wildman–Crippen LogP) is 1.18. The van der Waals surface area contributed by atoms with E-state index in [2.05, 4.69) is 0 Å². The van der Waals surface area contributed by atoms with Gasteiger partial charge in [-0.3, -0.25) is 0 Å². The Bertz CT molecular complexity index is 185. The van der Waals surface area contributed by atoms with Crippen molar-refractivity contribution in [1.29, 1.82) is 0 Å². The third kappa shape index (κ3) is 0.910. The Labute approximate surface area is 69.5 Å². The van der Waals surface area contributed by atoms with Crippen LogP contribution in [0.5, 0.6) is 0 Å². The van der Waals surface area contributed by atoms with Gasteiger partial charge in [-0.1, -0.05) is 0 Å². The molecule has 2 nitrogen and oxygen atoms in total. The zero-order valence-corrected chi connectivity index (χ0v) is 6.72. The summed E-state index contributed by atoms with van der Waals surface area (Å²) in [5, 5.41) is 9.01. The van der Waals surface area contributed by atoms with Crippen molar-refractivity contribution in [2.75, 3.05) is 13.2 Å². The molecule has 0 radical (unpaired) electrons. The highest BCUT2D eigenvalue weighted by Crippen LogP contribution is 2.54. The molecule has 0 aromatic carbocycles. The molecule has 1 aliphatic carbocycles. The Kier molecular flexibility index (Phi) is 1.67. The van der Waals surface area contributed by atoms with Crippen molar-refractivity contribution >= 4 is 0 Å². The lowest BCUT2D eigenvalue weighted by molar-refractivity contribution is -0.122. The zero-order chi connectivity index (χ0) is 8.82. The summed E-state index contributed by atoms with van der Waals surface area (Å²) in [5.41, 5.74) is -1.57. The van der Waals surface area contributed by atoms with E-state index in [0.717, 1.165) is 0 Å². The van der Waals surface area contributed by atoms with Gasteiger partial charge in [0.1, 0.15) is 5.60 Å². The number of fused-ring (bicyclic) bond motifs is 2. The molecule has 1 saturated carbocycles. The van der Waals surface area contributed by atoms with Crippen molar-refractivity contribution in [1.82, 2.24) is 0 Å². The highest BCUT2D eigenvalue weighted by Gasteiger charge is 2.59. The second kappa shape index (κ2) is 2.39. The topological polar surface area (TPSA) is 29.5 Å². The van der Waals surface area contributed by atoms with Crippen LogP contribution in [-0.4, -0.2) is 30.3 Å². The van der Waals surface area contributed by atoms with Crippen LogP contribution < -0.4 is 0 Å². The van der Waals surface area contributed by atoms with Crippen LogP contribution in [0.3, 0.4) is 0 Å². The van der Waals surface area contributed by atoms with Crippen molar-refractivity contribution in [3.63, 3.8) is 0 Å². The average molecular weight is 178 g/mol. The number of aliphatic hydroxyl groups excluding tert-OH is 1. The second-order valence-electron chi connectivity index (χ2n) is 3.99. The smallest absolute Gasteiger partial charge is 0.267 e. The second-order valence-corrected chi connectivity index (χ2v) is 3.99. The number of hydrogen-bond acceptors (Lipinski definition) is 2. The largest absolute Gasteiger partial charge is 0.396 e. The van der Waals surface area contributed by atoms with Crippen molar-refractivity contribution < 1.29 is 18.6 Å². The van der Waals surface area contributed by atoms with Crippen LogP contribution in [0.1, 0.15) is 19.3 Å². The molecule has 1 N–H and O–H groups in total. The number of aliphatic hydroxyl groups is 1. The summed E-state index contributed by atoms with van der Waals surface area (Å²) >= 11 is 0. The highest BCUT2D eigenvalue weighted by molar-refractivity contribution is 5.05. The maximum atomic E-state index is 12.5. The zero-order valence-electron chi connectivity index (χ0n) is 6.72. The maximum Gasteiger partial charge on any atom is 0.267 e. The Morgan fingerprint density at radius 3 is 2.42 bits per heavy atom. The summed E-state index contributed by atoms with van der Waals surface area (Å²) in [7, 11) is 0. The van der Waals surface area contributed by atoms with Crippen LogP contribution in [0.25, 0.3) is 0 Å². The summed E-state index contributed by atoms with van der Waals surface area (Å²) in [6.45, 7) is 0.273. The van der Waals surface area contributed by atoms with Crippen LogP contribution >= 0.6 is 0 Å². The first-order chi connectivity index (χ1) is 5.63. The minimum absolute atomic E-state index is 0.0263. The number of ether oxygens (including phenoxy) is 1. The fourth-order valence-corrected chi connectivity index (χ4v) is 2.26. The fraction of sp³-hybridized carbons (Fsp3) is 1.00. The number of alkyl halides is 2. The van der Waals surface area contributed by atoms with E-state index in [0.29, 0.717) is 25.9 Å². The van der Waals surface area contributed by atoms with Gasteiger partial charge in [-0.2, -0.15) is 0 Å². The van der Waals surface area contributed by atoms with Gasteiger partial charge in [0.2, 0.25) is 0 Å². The molecule has 0 amide bonds. The van der Waals surface area contributed by atoms with E-state index in [1.54, 1.807) is 0 Å². The van der Waals surface area contributed by atoms with Crippen LogP contribution in [0.2, 0.25) is 0 Å². The Hall–Kier alpha value is -0.220. The Balaban J connectivity index is 2.17. The van der Waals surface area contributed by atoms with Crippen LogP contribution in [0.4, 0.5) is 8.78 Å². The van der Waals surface area contributed by atoms with Gasteiger partial charge in [-0.25, -0.2) is 8.78 Å². The van der Waals surface area contributed by atoms with Crippen molar-refractivity contribution in [2.45, 2.75) is 31.3 Å². The number of rotatable bonds is 2. The van der Waals surface area contributed by atoms with E-state index < -0.39 is 12.0 Å². The van der Waals surface area contributed by atoms with Crippen molar-refractivity contribution in [3.8, 4) is 0 Å². The monoisotopic (exact) mass is 178 g/mol. The molecule has 2 rings (SSSR count). The van der Waals surface area contributed by atoms with E-state index >= 15 is 0 Å². The van der Waals surface area contributed by atoms with Gasteiger partial charge >= 0.3 is 0 Å². The summed E-state index contributed by atoms with van der Waals surface area (Å²) in [6.07, 6.45) is -1.01. The summed E-state index contributed by atoms with van der Waals surface area (Å²) in [6, 6.07) is 0. The van der Waals surface area contributed by atoms with Gasteiger partial charge in [0.25, 0.3) is 6.43 Å². The lowest BCUT2D eigenvalue weighted by Gasteiger charge is -2.26. The molecule has 12 heavy (non-hydrogen) atoms. The molecule has 0 aromatic heterocycles. The van der Waals surface area contributed by atoms with Gasteiger partial charge in [0.15, 0.2) is 0 Å². The molecule has 70 valence electrons. The predicted molar refractivity (Wildman–Crippen MR) is 38.1 cm³/mol. The molecule has 2 aliphatic rings. The van der Waals surface area contributed by atoms with Gasteiger partial charge in [0.05, 0.1) is 13.2 Å². The average Bonchev–Trinajstić information content (AvgIpc) is 2.61. The first kappa shape index (κ1) is 8.38. The molecule has 4 heteroatoms. The molecule has 2 atom stereocenters. The summed E-state index contributed by atoms with van der Waals surface area (Å²) in [4.78, 5) is 0. The highest BCUT2D eigenvalue weighted by atomic mass is 19.3. The maximum absolute atomic E-state index is 12.5. The van der Waals surface area contributed by atoms with Crippen LogP contribution in [0.15, 0.2) is 0 Å². The quantitative estimate of drug-likeness (QED) is 0.688. The molecule has 2 unspecified atom stereocenters. The molecule has 0 aromatic rings. The molecule has 1 saturated heterocycles. The lowest BCUT2D eigenvalue weighted by atomic mass is 9.89. The molecule has 1 aliphatic heterocycles. The molecule has 2 bridgehead atoms. The molecular weight excluding hydrogens is 166 g/mol. The van der Waals surface area contributed by atoms with Gasteiger partial charge < -0.3 is 9.84 Å². The van der Waals surface area contributed by atoms with E-state index in [9.17, 15) is 8.78 Å². The van der Waals surface area contributed by atoms with Crippen LogP contribution in [0, 0.1) is 5.41 Å².